The smallest absolute Gasteiger partial charge is 0.0452 e. The fourth-order valence-electron chi connectivity index (χ4n) is 1.98. The number of hydrogen-bond acceptors (Lipinski definition) is 3. The molecule has 1 aromatic rings. The summed E-state index contributed by atoms with van der Waals surface area (Å²) in [5, 5.41) is 0.812. The fourth-order valence-corrected chi connectivity index (χ4v) is 3.46. The van der Waals surface area contributed by atoms with E-state index in [-0.39, 0.29) is 0 Å². The Bertz CT molecular complexity index is 364. The van der Waals surface area contributed by atoms with Crippen molar-refractivity contribution in [1.82, 2.24) is 4.90 Å². The normalized spacial score (nSPS) is 20.6. The molecule has 1 aliphatic rings. The molecule has 0 radical (unpaired) electrons. The zero-order valence-corrected chi connectivity index (χ0v) is 11.0. The van der Waals surface area contributed by atoms with Gasteiger partial charge in [0.05, 0.1) is 0 Å². The van der Waals surface area contributed by atoms with Gasteiger partial charge in [-0.1, -0.05) is 11.6 Å². The minimum atomic E-state index is 0.683. The summed E-state index contributed by atoms with van der Waals surface area (Å²) >= 11 is 8.19. The van der Waals surface area contributed by atoms with Crippen molar-refractivity contribution in [3.05, 3.63) is 28.8 Å². The van der Waals surface area contributed by atoms with E-state index < -0.39 is 0 Å². The van der Waals surface area contributed by atoms with Crippen molar-refractivity contribution in [3.63, 3.8) is 0 Å². The highest BCUT2D eigenvalue weighted by atomic mass is 35.5. The van der Waals surface area contributed by atoms with Crippen LogP contribution in [-0.2, 0) is 6.54 Å². The van der Waals surface area contributed by atoms with Gasteiger partial charge in [-0.2, -0.15) is 11.8 Å². The molecule has 0 aromatic heterocycles. The number of nitrogens with zero attached hydrogens (tertiary/aromatic N) is 1. The minimum absolute atomic E-state index is 0.683. The summed E-state index contributed by atoms with van der Waals surface area (Å²) in [6, 6.07) is 6.38. The number of thioether (sulfide) groups is 1. The molecule has 88 valence electrons. The van der Waals surface area contributed by atoms with Crippen LogP contribution in [0, 0.1) is 0 Å². The molecule has 1 heterocycles. The van der Waals surface area contributed by atoms with Crippen LogP contribution in [0.3, 0.4) is 0 Å². The average Bonchev–Trinajstić information content (AvgIpc) is 2.76. The third-order valence-corrected chi connectivity index (χ3v) is 4.53. The van der Waals surface area contributed by atoms with Gasteiger partial charge in [0, 0.05) is 29.0 Å². The van der Waals surface area contributed by atoms with Crippen LogP contribution in [0.4, 0.5) is 5.69 Å². The second kappa shape index (κ2) is 5.30. The number of benzene rings is 1. The van der Waals surface area contributed by atoms with Crippen molar-refractivity contribution in [1.29, 1.82) is 0 Å². The molecule has 0 spiro atoms. The van der Waals surface area contributed by atoms with Crippen LogP contribution in [0.1, 0.15) is 12.0 Å². The third-order valence-electron chi connectivity index (χ3n) is 3.02. The Morgan fingerprint density at radius 3 is 3.06 bits per heavy atom. The van der Waals surface area contributed by atoms with Crippen LogP contribution in [-0.4, -0.2) is 29.5 Å². The highest BCUT2D eigenvalue weighted by Gasteiger charge is 2.20. The first-order valence-corrected chi connectivity index (χ1v) is 7.02. The van der Waals surface area contributed by atoms with Gasteiger partial charge in [0.15, 0.2) is 0 Å². The molecule has 0 bridgehead atoms. The van der Waals surface area contributed by atoms with Crippen molar-refractivity contribution < 1.29 is 0 Å². The van der Waals surface area contributed by atoms with Gasteiger partial charge in [-0.15, -0.1) is 0 Å². The largest absolute Gasteiger partial charge is 0.399 e. The number of anilines is 1. The molecule has 1 fully saturated rings. The number of hydrogen-bond donors (Lipinski definition) is 1. The van der Waals surface area contributed by atoms with E-state index >= 15 is 0 Å². The van der Waals surface area contributed by atoms with E-state index in [0.717, 1.165) is 22.8 Å². The van der Waals surface area contributed by atoms with Gasteiger partial charge in [0.1, 0.15) is 0 Å². The van der Waals surface area contributed by atoms with Gasteiger partial charge >= 0.3 is 0 Å². The monoisotopic (exact) mass is 256 g/mol. The van der Waals surface area contributed by atoms with E-state index in [1.807, 2.05) is 30.0 Å². The molecule has 2 N–H and O–H groups in total. The Morgan fingerprint density at radius 2 is 2.38 bits per heavy atom. The maximum atomic E-state index is 6.16. The fraction of sp³-hybridized carbons (Fsp3) is 0.500. The molecule has 2 nitrogen and oxygen atoms in total. The highest BCUT2D eigenvalue weighted by Crippen LogP contribution is 2.25. The van der Waals surface area contributed by atoms with E-state index in [0.29, 0.717) is 6.04 Å². The second-order valence-electron chi connectivity index (χ2n) is 4.28. The van der Waals surface area contributed by atoms with Crippen LogP contribution >= 0.6 is 23.4 Å². The van der Waals surface area contributed by atoms with Crippen molar-refractivity contribution >= 4 is 29.1 Å². The molecule has 0 aliphatic carbocycles. The van der Waals surface area contributed by atoms with Crippen molar-refractivity contribution in [3.8, 4) is 0 Å². The Hall–Kier alpha value is -0.380. The van der Waals surface area contributed by atoms with Crippen LogP contribution in [0.2, 0.25) is 5.02 Å². The summed E-state index contributed by atoms with van der Waals surface area (Å²) in [5.74, 6) is 2.51. The van der Waals surface area contributed by atoms with E-state index in [1.165, 1.54) is 17.9 Å². The summed E-state index contributed by atoms with van der Waals surface area (Å²) in [6.07, 6.45) is 1.28. The van der Waals surface area contributed by atoms with Gasteiger partial charge in [-0.25, -0.2) is 0 Å². The highest BCUT2D eigenvalue weighted by molar-refractivity contribution is 7.99. The van der Waals surface area contributed by atoms with Gasteiger partial charge in [0.25, 0.3) is 0 Å². The number of halogens is 1. The van der Waals surface area contributed by atoms with Gasteiger partial charge in [0.2, 0.25) is 0 Å². The summed E-state index contributed by atoms with van der Waals surface area (Å²) in [5.41, 5.74) is 7.69. The number of nitrogens with two attached hydrogens (primary N) is 1. The maximum absolute atomic E-state index is 6.16. The van der Waals surface area contributed by atoms with Crippen molar-refractivity contribution in [2.24, 2.45) is 0 Å². The zero-order chi connectivity index (χ0) is 11.5. The lowest BCUT2D eigenvalue weighted by atomic mass is 10.1. The molecule has 1 saturated heterocycles. The first-order chi connectivity index (χ1) is 7.66. The first kappa shape index (κ1) is 12.1. The SMILES string of the molecule is CN(Cc1cc(N)ccc1Cl)C1CCSC1. The van der Waals surface area contributed by atoms with Crippen molar-refractivity contribution in [2.45, 2.75) is 19.0 Å². The van der Waals surface area contributed by atoms with Gasteiger partial charge in [-0.05, 0) is 43.0 Å². The first-order valence-electron chi connectivity index (χ1n) is 5.48. The molecule has 0 saturated carbocycles. The zero-order valence-electron chi connectivity index (χ0n) is 9.45. The Kier molecular flexibility index (Phi) is 4.00. The van der Waals surface area contributed by atoms with E-state index in [1.54, 1.807) is 0 Å². The van der Waals surface area contributed by atoms with Gasteiger partial charge in [-0.3, -0.25) is 4.90 Å². The van der Waals surface area contributed by atoms with Crippen LogP contribution in [0.15, 0.2) is 18.2 Å². The van der Waals surface area contributed by atoms with Crippen LogP contribution < -0.4 is 5.73 Å². The van der Waals surface area contributed by atoms with Crippen LogP contribution in [0.25, 0.3) is 0 Å². The molecular weight excluding hydrogens is 240 g/mol. The third kappa shape index (κ3) is 2.84. The molecule has 1 unspecified atom stereocenters. The van der Waals surface area contributed by atoms with Gasteiger partial charge < -0.3 is 5.73 Å². The molecule has 16 heavy (non-hydrogen) atoms. The summed E-state index contributed by atoms with van der Waals surface area (Å²) in [6.45, 7) is 0.884. The predicted octanol–water partition coefficient (Wildman–Crippen LogP) is 2.86. The molecule has 1 aliphatic heterocycles. The predicted molar refractivity (Wildman–Crippen MR) is 73.1 cm³/mol. The minimum Gasteiger partial charge on any atom is -0.399 e. The molecular formula is C12H17ClN2S. The summed E-state index contributed by atoms with van der Waals surface area (Å²) in [7, 11) is 2.16. The summed E-state index contributed by atoms with van der Waals surface area (Å²) in [4.78, 5) is 2.38. The maximum Gasteiger partial charge on any atom is 0.0452 e. The Balaban J connectivity index is 2.04. The lowest BCUT2D eigenvalue weighted by Crippen LogP contribution is -2.30. The molecule has 4 heteroatoms. The van der Waals surface area contributed by atoms with Crippen LogP contribution in [0.5, 0.6) is 0 Å². The topological polar surface area (TPSA) is 29.3 Å². The Labute approximate surface area is 106 Å². The molecule has 0 amide bonds. The summed E-state index contributed by atoms with van der Waals surface area (Å²) < 4.78 is 0. The number of rotatable bonds is 3. The Morgan fingerprint density at radius 1 is 1.56 bits per heavy atom. The lowest BCUT2D eigenvalue weighted by molar-refractivity contribution is 0.254. The van der Waals surface area contributed by atoms with E-state index in [9.17, 15) is 0 Å². The van der Waals surface area contributed by atoms with E-state index in [4.69, 9.17) is 17.3 Å². The lowest BCUT2D eigenvalue weighted by Gasteiger charge is -2.24. The second-order valence-corrected chi connectivity index (χ2v) is 5.84. The van der Waals surface area contributed by atoms with Crippen molar-refractivity contribution in [2.75, 3.05) is 24.3 Å². The quantitative estimate of drug-likeness (QED) is 0.844. The number of nitrogen functional groups attached to an aromatic ring is 1. The molecule has 1 atom stereocenters. The average molecular weight is 257 g/mol. The molecule has 2 rings (SSSR count). The standard InChI is InChI=1S/C12H17ClN2S/c1-15(11-4-5-16-8-11)7-9-6-10(14)2-3-12(9)13/h2-3,6,11H,4-5,7-8,14H2,1H3. The van der Waals surface area contributed by atoms with E-state index in [2.05, 4.69) is 11.9 Å². The molecule has 1 aromatic carbocycles.